The number of phenolic OH excluding ortho intramolecular Hbond substituents is 1. The molecule has 1 aromatic heterocycles. The lowest BCUT2D eigenvalue weighted by Gasteiger charge is -2.20. The van der Waals surface area contributed by atoms with E-state index in [0.717, 1.165) is 47.0 Å². The van der Waals surface area contributed by atoms with Gasteiger partial charge >= 0.3 is 6.09 Å². The molecule has 0 atom stereocenters. The second-order valence-electron chi connectivity index (χ2n) is 6.50. The zero-order valence-electron chi connectivity index (χ0n) is 15.2. The van der Waals surface area contributed by atoms with E-state index in [4.69, 9.17) is 5.11 Å². The van der Waals surface area contributed by atoms with Crippen LogP contribution in [0.2, 0.25) is 0 Å². The Morgan fingerprint density at radius 1 is 1.11 bits per heavy atom. The lowest BCUT2D eigenvalue weighted by molar-refractivity contribution is 0.194. The van der Waals surface area contributed by atoms with Crippen molar-refractivity contribution in [3.8, 4) is 16.9 Å². The number of aromatic hydroxyl groups is 1. The van der Waals surface area contributed by atoms with Crippen molar-refractivity contribution in [2.45, 2.75) is 12.8 Å². The van der Waals surface area contributed by atoms with Gasteiger partial charge in [-0.05, 0) is 48.1 Å². The Morgan fingerprint density at radius 3 is 2.63 bits per heavy atom. The van der Waals surface area contributed by atoms with Crippen LogP contribution in [0.25, 0.3) is 21.9 Å². The van der Waals surface area contributed by atoms with E-state index >= 15 is 0 Å². The van der Waals surface area contributed by atoms with Crippen LogP contribution in [0.15, 0.2) is 54.9 Å². The molecule has 2 aromatic carbocycles. The molecule has 0 radical (unpaired) electrons. The number of amides is 1. The molecular formula is C21H23N3O3. The van der Waals surface area contributed by atoms with Gasteiger partial charge in [0.05, 0.1) is 0 Å². The number of phenols is 1. The van der Waals surface area contributed by atoms with E-state index in [-0.39, 0.29) is 5.75 Å². The fourth-order valence-electron chi connectivity index (χ4n) is 3.06. The number of nitrogens with one attached hydrogen (secondary N) is 1. The molecule has 3 aromatic rings. The van der Waals surface area contributed by atoms with E-state index < -0.39 is 6.09 Å². The number of nitrogens with zero attached hydrogens (tertiary/aromatic N) is 2. The predicted octanol–water partition coefficient (Wildman–Crippen LogP) is 4.09. The lowest BCUT2D eigenvalue weighted by atomic mass is 10.0. The van der Waals surface area contributed by atoms with Crippen molar-refractivity contribution in [3.05, 3.63) is 54.9 Å². The number of unbranched alkanes of at least 4 members (excludes halogenated alkanes) is 1. The summed E-state index contributed by atoms with van der Waals surface area (Å²) in [5, 5.41) is 22.7. The monoisotopic (exact) mass is 365 g/mol. The minimum absolute atomic E-state index is 0.241. The summed E-state index contributed by atoms with van der Waals surface area (Å²) in [6.07, 6.45) is 4.41. The van der Waals surface area contributed by atoms with Crippen LogP contribution in [0, 0.1) is 0 Å². The third kappa shape index (κ3) is 4.67. The van der Waals surface area contributed by atoms with Gasteiger partial charge in [0.15, 0.2) is 0 Å². The molecule has 0 bridgehead atoms. The van der Waals surface area contributed by atoms with Crippen LogP contribution in [-0.4, -0.2) is 41.4 Å². The molecule has 140 valence electrons. The van der Waals surface area contributed by atoms with E-state index in [2.05, 4.69) is 33.4 Å². The number of anilines is 1. The number of aromatic nitrogens is 1. The van der Waals surface area contributed by atoms with E-state index in [9.17, 15) is 9.90 Å². The van der Waals surface area contributed by atoms with Crippen molar-refractivity contribution in [3.63, 3.8) is 0 Å². The second kappa shape index (κ2) is 8.40. The maximum atomic E-state index is 10.5. The molecule has 6 heteroatoms. The van der Waals surface area contributed by atoms with Gasteiger partial charge in [-0.15, -0.1) is 0 Å². The number of hydrogen-bond acceptors (Lipinski definition) is 4. The summed E-state index contributed by atoms with van der Waals surface area (Å²) in [4.78, 5) is 17.0. The highest BCUT2D eigenvalue weighted by Gasteiger charge is 2.08. The van der Waals surface area contributed by atoms with Crippen LogP contribution in [0.4, 0.5) is 10.5 Å². The van der Waals surface area contributed by atoms with Crippen LogP contribution >= 0.6 is 0 Å². The van der Waals surface area contributed by atoms with Crippen LogP contribution in [-0.2, 0) is 0 Å². The third-order valence-electron chi connectivity index (χ3n) is 4.56. The Balaban J connectivity index is 1.78. The third-order valence-corrected chi connectivity index (χ3v) is 4.56. The topological polar surface area (TPSA) is 85.7 Å². The van der Waals surface area contributed by atoms with Crippen molar-refractivity contribution in [1.82, 2.24) is 10.3 Å². The first kappa shape index (κ1) is 18.5. The Kier molecular flexibility index (Phi) is 5.76. The van der Waals surface area contributed by atoms with Gasteiger partial charge in [0.2, 0.25) is 0 Å². The van der Waals surface area contributed by atoms with Gasteiger partial charge in [0, 0.05) is 49.2 Å². The van der Waals surface area contributed by atoms with Gasteiger partial charge in [-0.2, -0.15) is 0 Å². The number of benzene rings is 2. The summed E-state index contributed by atoms with van der Waals surface area (Å²) in [6.45, 7) is 1.31. The first-order valence-electron chi connectivity index (χ1n) is 8.90. The van der Waals surface area contributed by atoms with Gasteiger partial charge in [-0.3, -0.25) is 4.98 Å². The molecule has 0 spiro atoms. The highest BCUT2D eigenvalue weighted by atomic mass is 16.4. The van der Waals surface area contributed by atoms with Crippen LogP contribution in [0.1, 0.15) is 12.8 Å². The van der Waals surface area contributed by atoms with Crippen molar-refractivity contribution in [2.24, 2.45) is 0 Å². The largest absolute Gasteiger partial charge is 0.508 e. The summed E-state index contributed by atoms with van der Waals surface area (Å²) >= 11 is 0. The Labute approximate surface area is 158 Å². The normalized spacial score (nSPS) is 10.7. The molecule has 0 unspecified atom stereocenters. The summed E-state index contributed by atoms with van der Waals surface area (Å²) in [7, 11) is 2.03. The zero-order valence-corrected chi connectivity index (χ0v) is 15.2. The Hall–Kier alpha value is -3.28. The fraction of sp³-hybridized carbons (Fsp3) is 0.238. The number of hydrogen-bond donors (Lipinski definition) is 3. The summed E-state index contributed by atoms with van der Waals surface area (Å²) in [5.74, 6) is 0.241. The first-order valence-corrected chi connectivity index (χ1v) is 8.90. The van der Waals surface area contributed by atoms with Gasteiger partial charge in [-0.25, -0.2) is 4.79 Å². The molecule has 6 nitrogen and oxygen atoms in total. The number of carboxylic acid groups (broad SMARTS) is 1. The Bertz CT molecular complexity index is 926. The molecule has 1 heterocycles. The van der Waals surface area contributed by atoms with Crippen LogP contribution in [0.3, 0.4) is 0 Å². The van der Waals surface area contributed by atoms with E-state index in [1.54, 1.807) is 12.1 Å². The van der Waals surface area contributed by atoms with Crippen molar-refractivity contribution in [2.75, 3.05) is 25.0 Å². The van der Waals surface area contributed by atoms with E-state index in [1.807, 2.05) is 31.6 Å². The highest BCUT2D eigenvalue weighted by molar-refractivity contribution is 5.97. The molecule has 0 aliphatic rings. The zero-order chi connectivity index (χ0) is 19.2. The molecule has 0 saturated carbocycles. The fourth-order valence-corrected chi connectivity index (χ4v) is 3.06. The smallest absolute Gasteiger partial charge is 0.404 e. The van der Waals surface area contributed by atoms with E-state index in [0.29, 0.717) is 6.54 Å². The summed E-state index contributed by atoms with van der Waals surface area (Å²) in [5.41, 5.74) is 3.12. The minimum Gasteiger partial charge on any atom is -0.508 e. The van der Waals surface area contributed by atoms with Crippen molar-refractivity contribution in [1.29, 1.82) is 0 Å². The molecule has 0 fully saturated rings. The molecule has 3 rings (SSSR count). The van der Waals surface area contributed by atoms with Gasteiger partial charge in [-0.1, -0.05) is 18.2 Å². The molecule has 27 heavy (non-hydrogen) atoms. The summed E-state index contributed by atoms with van der Waals surface area (Å²) in [6, 6.07) is 13.4. The molecule has 1 amide bonds. The quantitative estimate of drug-likeness (QED) is 0.549. The number of fused-ring (bicyclic) bond motifs is 1. The number of rotatable bonds is 7. The minimum atomic E-state index is -0.978. The lowest BCUT2D eigenvalue weighted by Crippen LogP contribution is -2.24. The highest BCUT2D eigenvalue weighted by Crippen LogP contribution is 2.31. The molecule has 0 saturated heterocycles. The van der Waals surface area contributed by atoms with Gasteiger partial charge in [0.1, 0.15) is 5.75 Å². The Morgan fingerprint density at radius 2 is 1.89 bits per heavy atom. The van der Waals surface area contributed by atoms with Crippen molar-refractivity contribution < 1.29 is 15.0 Å². The molecular weight excluding hydrogens is 342 g/mol. The first-order chi connectivity index (χ1) is 13.0. The number of pyridine rings is 1. The summed E-state index contributed by atoms with van der Waals surface area (Å²) < 4.78 is 0. The predicted molar refractivity (Wildman–Crippen MR) is 107 cm³/mol. The molecule has 3 N–H and O–H groups in total. The molecule has 0 aliphatic heterocycles. The van der Waals surface area contributed by atoms with Crippen LogP contribution in [0.5, 0.6) is 5.75 Å². The average molecular weight is 365 g/mol. The average Bonchev–Trinajstić information content (AvgIpc) is 2.67. The van der Waals surface area contributed by atoms with Gasteiger partial charge < -0.3 is 20.4 Å². The maximum Gasteiger partial charge on any atom is 0.404 e. The number of carbonyl (C=O) groups is 1. The van der Waals surface area contributed by atoms with Crippen molar-refractivity contribution >= 4 is 22.6 Å². The SMILES string of the molecule is CN(CCCCNC(=O)O)c1ccc2cncc(-c3ccc(O)cc3)c2c1. The van der Waals surface area contributed by atoms with Gasteiger partial charge in [0.25, 0.3) is 0 Å². The van der Waals surface area contributed by atoms with Crippen LogP contribution < -0.4 is 10.2 Å². The second-order valence-corrected chi connectivity index (χ2v) is 6.50. The van der Waals surface area contributed by atoms with E-state index in [1.165, 1.54) is 0 Å². The molecule has 0 aliphatic carbocycles. The standard InChI is InChI=1S/C21H23N3O3/c1-24(11-3-2-10-23-21(26)27)17-7-4-16-13-22-14-20(19(16)12-17)15-5-8-18(25)9-6-15/h4-9,12-14,23,25H,2-3,10-11H2,1H3,(H,26,27). The maximum absolute atomic E-state index is 10.5.